The highest BCUT2D eigenvalue weighted by molar-refractivity contribution is 5.90. The molecule has 1 fully saturated rings. The summed E-state index contributed by atoms with van der Waals surface area (Å²) >= 11 is 0. The number of piperazine rings is 1. The van der Waals surface area contributed by atoms with Crippen LogP contribution in [0.15, 0.2) is 60.7 Å². The summed E-state index contributed by atoms with van der Waals surface area (Å²) in [6.45, 7) is 5.12. The van der Waals surface area contributed by atoms with Gasteiger partial charge in [0.05, 0.1) is 6.61 Å². The number of benzene rings is 2. The minimum atomic E-state index is -0.366. The van der Waals surface area contributed by atoms with Crippen LogP contribution in [0.1, 0.15) is 12.5 Å². The number of rotatable bonds is 5. The first-order chi connectivity index (χ1) is 13.7. The highest BCUT2D eigenvalue weighted by Crippen LogP contribution is 2.17. The monoisotopic (exact) mass is 379 g/mol. The van der Waals surface area contributed by atoms with Crippen LogP contribution in [0.4, 0.5) is 16.2 Å². The van der Waals surface area contributed by atoms with Crippen molar-refractivity contribution in [2.75, 3.05) is 43.0 Å². The van der Waals surface area contributed by atoms with E-state index in [1.54, 1.807) is 13.0 Å². The minimum Gasteiger partial charge on any atom is -0.463 e. The van der Waals surface area contributed by atoms with Gasteiger partial charge in [0.2, 0.25) is 0 Å². The van der Waals surface area contributed by atoms with Crippen molar-refractivity contribution in [3.63, 3.8) is 0 Å². The molecule has 2 aromatic rings. The average Bonchev–Trinajstić information content (AvgIpc) is 2.74. The lowest BCUT2D eigenvalue weighted by Gasteiger charge is -2.36. The predicted octanol–water partition coefficient (Wildman–Crippen LogP) is 3.62. The van der Waals surface area contributed by atoms with Gasteiger partial charge in [-0.1, -0.05) is 30.3 Å². The van der Waals surface area contributed by atoms with Gasteiger partial charge in [-0.25, -0.2) is 9.59 Å². The van der Waals surface area contributed by atoms with Gasteiger partial charge in [0.15, 0.2) is 0 Å². The average molecular weight is 379 g/mol. The van der Waals surface area contributed by atoms with Crippen molar-refractivity contribution in [3.05, 3.63) is 66.2 Å². The number of carbonyl (C=O) groups is 2. The Kier molecular flexibility index (Phi) is 6.68. The number of nitrogens with one attached hydrogen (secondary N) is 1. The van der Waals surface area contributed by atoms with Gasteiger partial charge < -0.3 is 19.9 Å². The lowest BCUT2D eigenvalue weighted by molar-refractivity contribution is -0.137. The van der Waals surface area contributed by atoms with Crippen molar-refractivity contribution in [1.82, 2.24) is 4.90 Å². The fourth-order valence-electron chi connectivity index (χ4n) is 3.04. The summed E-state index contributed by atoms with van der Waals surface area (Å²) in [5.41, 5.74) is 2.78. The number of anilines is 2. The summed E-state index contributed by atoms with van der Waals surface area (Å²) < 4.78 is 4.85. The van der Waals surface area contributed by atoms with Gasteiger partial charge in [0, 0.05) is 43.6 Å². The summed E-state index contributed by atoms with van der Waals surface area (Å²) in [4.78, 5) is 28.0. The molecule has 1 aliphatic heterocycles. The molecule has 6 heteroatoms. The Morgan fingerprint density at radius 2 is 1.68 bits per heavy atom. The molecule has 3 rings (SSSR count). The molecule has 1 N–H and O–H groups in total. The first kappa shape index (κ1) is 19.5. The number of nitrogens with zero attached hydrogens (tertiary/aromatic N) is 2. The van der Waals surface area contributed by atoms with Crippen molar-refractivity contribution < 1.29 is 14.3 Å². The van der Waals surface area contributed by atoms with Gasteiger partial charge in [0.25, 0.3) is 0 Å². The molecule has 146 valence electrons. The normalized spacial score (nSPS) is 14.2. The van der Waals surface area contributed by atoms with E-state index in [-0.39, 0.29) is 12.0 Å². The van der Waals surface area contributed by atoms with Crippen LogP contribution in [-0.2, 0) is 9.53 Å². The number of para-hydroxylation sites is 1. The van der Waals surface area contributed by atoms with E-state index in [9.17, 15) is 9.59 Å². The molecule has 0 bridgehead atoms. The number of hydrogen-bond donors (Lipinski definition) is 1. The molecule has 28 heavy (non-hydrogen) atoms. The van der Waals surface area contributed by atoms with Crippen molar-refractivity contribution in [3.8, 4) is 0 Å². The lowest BCUT2D eigenvalue weighted by Crippen LogP contribution is -2.50. The Hall–Kier alpha value is -3.28. The molecule has 0 radical (unpaired) electrons. The van der Waals surface area contributed by atoms with Gasteiger partial charge in [-0.15, -0.1) is 0 Å². The van der Waals surface area contributed by atoms with Crippen LogP contribution in [0.25, 0.3) is 6.08 Å². The quantitative estimate of drug-likeness (QED) is 0.637. The topological polar surface area (TPSA) is 61.9 Å². The number of amides is 2. The second-order valence-corrected chi connectivity index (χ2v) is 6.45. The van der Waals surface area contributed by atoms with Gasteiger partial charge in [-0.05, 0) is 42.8 Å². The lowest BCUT2D eigenvalue weighted by atomic mass is 10.2. The van der Waals surface area contributed by atoms with Gasteiger partial charge in [0.1, 0.15) is 0 Å². The fraction of sp³-hybridized carbons (Fsp3) is 0.273. The molecular weight excluding hydrogens is 354 g/mol. The van der Waals surface area contributed by atoms with E-state index in [0.29, 0.717) is 19.7 Å². The zero-order valence-electron chi connectivity index (χ0n) is 16.0. The number of ether oxygens (including phenoxy) is 1. The van der Waals surface area contributed by atoms with Gasteiger partial charge >= 0.3 is 12.0 Å². The molecule has 0 saturated carbocycles. The predicted molar refractivity (Wildman–Crippen MR) is 111 cm³/mol. The van der Waals surface area contributed by atoms with Crippen LogP contribution >= 0.6 is 0 Å². The molecule has 1 aliphatic rings. The highest BCUT2D eigenvalue weighted by Gasteiger charge is 2.21. The van der Waals surface area contributed by atoms with Crippen LogP contribution in [-0.4, -0.2) is 49.7 Å². The van der Waals surface area contributed by atoms with Crippen molar-refractivity contribution >= 4 is 29.5 Å². The molecule has 2 aromatic carbocycles. The third-order valence-corrected chi connectivity index (χ3v) is 4.55. The van der Waals surface area contributed by atoms with E-state index in [1.165, 1.54) is 11.8 Å². The largest absolute Gasteiger partial charge is 0.463 e. The maximum atomic E-state index is 12.5. The summed E-state index contributed by atoms with van der Waals surface area (Å²) in [7, 11) is 0. The van der Waals surface area contributed by atoms with E-state index in [2.05, 4.69) is 22.3 Å². The van der Waals surface area contributed by atoms with E-state index in [1.807, 2.05) is 47.4 Å². The molecule has 1 heterocycles. The van der Waals surface area contributed by atoms with Crippen molar-refractivity contribution in [1.29, 1.82) is 0 Å². The zero-order valence-corrected chi connectivity index (χ0v) is 16.0. The third kappa shape index (κ3) is 5.36. The molecule has 6 nitrogen and oxygen atoms in total. The minimum absolute atomic E-state index is 0.0949. The molecule has 0 aliphatic carbocycles. The van der Waals surface area contributed by atoms with Crippen LogP contribution in [0, 0.1) is 0 Å². The molecule has 1 saturated heterocycles. The van der Waals surface area contributed by atoms with Crippen LogP contribution < -0.4 is 10.2 Å². The Labute approximate surface area is 165 Å². The first-order valence-corrected chi connectivity index (χ1v) is 9.46. The van der Waals surface area contributed by atoms with Crippen LogP contribution in [0.5, 0.6) is 0 Å². The maximum absolute atomic E-state index is 12.5. The zero-order chi connectivity index (χ0) is 19.8. The van der Waals surface area contributed by atoms with Crippen molar-refractivity contribution in [2.24, 2.45) is 0 Å². The number of esters is 1. The van der Waals surface area contributed by atoms with Crippen LogP contribution in [0.3, 0.4) is 0 Å². The second-order valence-electron chi connectivity index (χ2n) is 6.45. The Morgan fingerprint density at radius 1 is 1.00 bits per heavy atom. The molecule has 0 atom stereocenters. The van der Waals surface area contributed by atoms with Gasteiger partial charge in [-0.2, -0.15) is 0 Å². The standard InChI is InChI=1S/C22H25N3O3/c1-2-28-21(26)13-10-18-8-11-19(12-9-18)23-22(27)25-16-14-24(15-17-25)20-6-4-3-5-7-20/h3-13H,2,14-17H2,1H3,(H,23,27). The SMILES string of the molecule is CCOC(=O)C=Cc1ccc(NC(=O)N2CCN(c3ccccc3)CC2)cc1. The fourth-order valence-corrected chi connectivity index (χ4v) is 3.04. The number of urea groups is 1. The third-order valence-electron chi connectivity index (χ3n) is 4.55. The van der Waals surface area contributed by atoms with Gasteiger partial charge in [-0.3, -0.25) is 0 Å². The summed E-state index contributed by atoms with van der Waals surface area (Å²) in [6, 6.07) is 17.5. The maximum Gasteiger partial charge on any atom is 0.330 e. The Bertz CT molecular complexity index is 811. The second kappa shape index (κ2) is 9.60. The number of hydrogen-bond acceptors (Lipinski definition) is 4. The summed E-state index contributed by atoms with van der Waals surface area (Å²) in [6.07, 6.45) is 3.08. The molecule has 2 amide bonds. The first-order valence-electron chi connectivity index (χ1n) is 9.46. The molecule has 0 aromatic heterocycles. The summed E-state index contributed by atoms with van der Waals surface area (Å²) in [5, 5.41) is 2.93. The Balaban J connectivity index is 1.49. The van der Waals surface area contributed by atoms with E-state index in [4.69, 9.17) is 4.74 Å². The molecule has 0 spiro atoms. The molecular formula is C22H25N3O3. The van der Waals surface area contributed by atoms with Crippen LogP contribution in [0.2, 0.25) is 0 Å². The van der Waals surface area contributed by atoms with E-state index < -0.39 is 0 Å². The Morgan fingerprint density at radius 3 is 2.32 bits per heavy atom. The van der Waals surface area contributed by atoms with E-state index >= 15 is 0 Å². The van der Waals surface area contributed by atoms with Crippen molar-refractivity contribution in [2.45, 2.75) is 6.92 Å². The highest BCUT2D eigenvalue weighted by atomic mass is 16.5. The molecule has 0 unspecified atom stereocenters. The smallest absolute Gasteiger partial charge is 0.330 e. The number of carbonyl (C=O) groups excluding carboxylic acids is 2. The summed E-state index contributed by atoms with van der Waals surface area (Å²) in [5.74, 6) is -0.366. The van der Waals surface area contributed by atoms with E-state index in [0.717, 1.165) is 24.3 Å².